The first-order chi connectivity index (χ1) is 32.0. The summed E-state index contributed by atoms with van der Waals surface area (Å²) in [5.41, 5.74) is 0. The summed E-state index contributed by atoms with van der Waals surface area (Å²) >= 11 is 0. The number of rotatable bonds is 52. The molecule has 0 rings (SSSR count). The average Bonchev–Trinajstić information content (AvgIpc) is 3.31. The predicted octanol–water partition coefficient (Wildman–Crippen LogP) is 17.4. The highest BCUT2D eigenvalue weighted by Gasteiger charge is 2.18. The molecular formula is C59H109NO5. The fourth-order valence-electron chi connectivity index (χ4n) is 8.42. The Bertz CT molecular complexity index is 1100. The molecule has 0 aliphatic heterocycles. The first-order valence-corrected chi connectivity index (χ1v) is 28.4. The Balaban J connectivity index is 3.53. The zero-order chi connectivity index (χ0) is 47.2. The first-order valence-electron chi connectivity index (χ1n) is 28.4. The maximum Gasteiger partial charge on any atom is 0.305 e. The minimum atomic E-state index is -0.863. The molecule has 0 fully saturated rings. The van der Waals surface area contributed by atoms with Crippen LogP contribution in [0.4, 0.5) is 0 Å². The lowest BCUT2D eigenvalue weighted by atomic mass is 10.0. The van der Waals surface area contributed by atoms with Gasteiger partial charge in [-0.1, -0.05) is 236 Å². The van der Waals surface area contributed by atoms with E-state index in [9.17, 15) is 19.8 Å². The van der Waals surface area contributed by atoms with Crippen molar-refractivity contribution in [1.82, 2.24) is 5.32 Å². The van der Waals surface area contributed by atoms with Gasteiger partial charge in [0.25, 0.3) is 0 Å². The zero-order valence-electron chi connectivity index (χ0n) is 43.2. The second kappa shape index (κ2) is 54.4. The fraction of sp³-hybridized carbons (Fsp3) is 0.831. The Morgan fingerprint density at radius 2 is 0.769 bits per heavy atom. The molecule has 0 saturated carbocycles. The molecule has 0 radical (unpaired) electrons. The second-order valence-corrected chi connectivity index (χ2v) is 19.3. The number of carbonyl (C=O) groups excluding carboxylic acids is 2. The third kappa shape index (κ3) is 51.1. The van der Waals surface area contributed by atoms with Gasteiger partial charge in [0.05, 0.1) is 25.4 Å². The third-order valence-corrected chi connectivity index (χ3v) is 12.8. The van der Waals surface area contributed by atoms with Crippen LogP contribution < -0.4 is 5.32 Å². The van der Waals surface area contributed by atoms with E-state index in [4.69, 9.17) is 4.74 Å². The maximum absolute atomic E-state index is 12.5. The van der Waals surface area contributed by atoms with Crippen LogP contribution in [0.5, 0.6) is 0 Å². The summed E-state index contributed by atoms with van der Waals surface area (Å²) < 4.78 is 5.46. The molecule has 65 heavy (non-hydrogen) atoms. The topological polar surface area (TPSA) is 95.9 Å². The molecule has 380 valence electrons. The lowest BCUT2D eigenvalue weighted by molar-refractivity contribution is -0.143. The van der Waals surface area contributed by atoms with E-state index in [-0.39, 0.29) is 18.5 Å². The molecule has 2 unspecified atom stereocenters. The Morgan fingerprint density at radius 3 is 1.23 bits per heavy atom. The zero-order valence-corrected chi connectivity index (χ0v) is 43.2. The lowest BCUT2D eigenvalue weighted by Crippen LogP contribution is -2.45. The highest BCUT2D eigenvalue weighted by molar-refractivity contribution is 5.76. The summed E-state index contributed by atoms with van der Waals surface area (Å²) in [7, 11) is 0. The predicted molar refractivity (Wildman–Crippen MR) is 282 cm³/mol. The van der Waals surface area contributed by atoms with Gasteiger partial charge in [-0.2, -0.15) is 0 Å². The summed E-state index contributed by atoms with van der Waals surface area (Å²) in [6.45, 7) is 4.84. The number of carbonyl (C=O) groups is 2. The van der Waals surface area contributed by atoms with E-state index in [1.54, 1.807) is 6.08 Å². The van der Waals surface area contributed by atoms with Crippen molar-refractivity contribution in [2.75, 3.05) is 13.2 Å². The van der Waals surface area contributed by atoms with Crippen molar-refractivity contribution < 1.29 is 24.5 Å². The molecule has 0 heterocycles. The van der Waals surface area contributed by atoms with Gasteiger partial charge >= 0.3 is 5.97 Å². The summed E-state index contributed by atoms with van der Waals surface area (Å²) in [6, 6.07) is -0.650. The van der Waals surface area contributed by atoms with Crippen molar-refractivity contribution in [3.63, 3.8) is 0 Å². The van der Waals surface area contributed by atoms with Gasteiger partial charge in [-0.05, 0) is 89.9 Å². The Labute approximate surface area is 404 Å². The van der Waals surface area contributed by atoms with Gasteiger partial charge in [0.1, 0.15) is 0 Å². The van der Waals surface area contributed by atoms with Crippen molar-refractivity contribution in [2.45, 2.75) is 302 Å². The van der Waals surface area contributed by atoms with E-state index in [0.29, 0.717) is 19.4 Å². The Morgan fingerprint density at radius 1 is 0.431 bits per heavy atom. The van der Waals surface area contributed by atoms with Gasteiger partial charge in [-0.3, -0.25) is 9.59 Å². The van der Waals surface area contributed by atoms with Crippen LogP contribution in [0.1, 0.15) is 290 Å². The molecule has 0 bridgehead atoms. The van der Waals surface area contributed by atoms with Crippen LogP contribution in [0.15, 0.2) is 48.6 Å². The molecule has 0 spiro atoms. The summed E-state index contributed by atoms with van der Waals surface area (Å²) in [6.07, 6.45) is 68.3. The number of ether oxygens (including phenoxy) is 1. The smallest absolute Gasteiger partial charge is 0.305 e. The van der Waals surface area contributed by atoms with Crippen LogP contribution in [-0.4, -0.2) is 47.4 Å². The minimum Gasteiger partial charge on any atom is -0.466 e. The van der Waals surface area contributed by atoms with E-state index in [2.05, 4.69) is 55.6 Å². The van der Waals surface area contributed by atoms with Gasteiger partial charge in [-0.25, -0.2) is 0 Å². The number of esters is 1. The molecule has 2 atom stereocenters. The number of hydrogen-bond donors (Lipinski definition) is 3. The van der Waals surface area contributed by atoms with Crippen molar-refractivity contribution in [2.24, 2.45) is 0 Å². The highest BCUT2D eigenvalue weighted by atomic mass is 16.5. The van der Waals surface area contributed by atoms with Crippen molar-refractivity contribution >= 4 is 11.9 Å². The van der Waals surface area contributed by atoms with Crippen LogP contribution >= 0.6 is 0 Å². The number of nitrogens with one attached hydrogen (secondary N) is 1. The molecule has 6 nitrogen and oxygen atoms in total. The van der Waals surface area contributed by atoms with Crippen LogP contribution in [-0.2, 0) is 14.3 Å². The molecular weight excluding hydrogens is 803 g/mol. The largest absolute Gasteiger partial charge is 0.466 e. The molecule has 1 amide bonds. The second-order valence-electron chi connectivity index (χ2n) is 19.3. The van der Waals surface area contributed by atoms with E-state index in [1.807, 2.05) is 6.08 Å². The number of amides is 1. The normalized spacial score (nSPS) is 13.0. The van der Waals surface area contributed by atoms with E-state index >= 15 is 0 Å². The van der Waals surface area contributed by atoms with Gasteiger partial charge in [0.15, 0.2) is 0 Å². The molecule has 0 aliphatic rings. The minimum absolute atomic E-state index is 0.0221. The number of hydrogen-bond acceptors (Lipinski definition) is 5. The Kier molecular flexibility index (Phi) is 52.6. The van der Waals surface area contributed by atoms with Gasteiger partial charge in [0, 0.05) is 12.8 Å². The van der Waals surface area contributed by atoms with Crippen molar-refractivity contribution in [3.05, 3.63) is 48.6 Å². The van der Waals surface area contributed by atoms with Crippen molar-refractivity contribution in [1.29, 1.82) is 0 Å². The van der Waals surface area contributed by atoms with Crippen LogP contribution in [0.3, 0.4) is 0 Å². The maximum atomic E-state index is 12.5. The van der Waals surface area contributed by atoms with Gasteiger partial charge in [-0.15, -0.1) is 0 Å². The standard InChI is InChI=1S/C59H109NO5/c1-3-5-7-9-11-13-15-17-19-21-23-24-27-31-35-39-43-47-51-57(62)56(55-61)60-58(63)52-48-44-40-36-32-28-26-30-34-38-42-46-50-54-65-59(64)53-49-45-41-37-33-29-25-22-20-18-16-14-12-10-8-6-4-2/h12,14,18,20,28,32,47,51,56-57,61-62H,3-11,13,15-17,19,21-27,29-31,33-46,48-50,52-55H2,1-2H3,(H,60,63)/b14-12-,20-18-,32-28-,51-47+. The molecule has 0 aliphatic carbocycles. The molecule has 0 aromatic rings. The number of aliphatic hydroxyl groups is 2. The molecule has 3 N–H and O–H groups in total. The quantitative estimate of drug-likeness (QED) is 0.0321. The van der Waals surface area contributed by atoms with Crippen LogP contribution in [0.2, 0.25) is 0 Å². The monoisotopic (exact) mass is 912 g/mol. The summed E-state index contributed by atoms with van der Waals surface area (Å²) in [5, 5.41) is 23.1. The van der Waals surface area contributed by atoms with E-state index < -0.39 is 12.1 Å². The van der Waals surface area contributed by atoms with Crippen LogP contribution in [0, 0.1) is 0 Å². The highest BCUT2D eigenvalue weighted by Crippen LogP contribution is 2.16. The number of unbranched alkanes of at least 4 members (excludes halogenated alkanes) is 35. The van der Waals surface area contributed by atoms with Crippen LogP contribution in [0.25, 0.3) is 0 Å². The molecule has 0 aromatic heterocycles. The summed E-state index contributed by atoms with van der Waals surface area (Å²) in [4.78, 5) is 24.5. The number of aliphatic hydroxyl groups excluding tert-OH is 2. The van der Waals surface area contributed by atoms with Gasteiger partial charge < -0.3 is 20.3 Å². The van der Waals surface area contributed by atoms with Crippen molar-refractivity contribution in [3.8, 4) is 0 Å². The summed E-state index contributed by atoms with van der Waals surface area (Å²) in [5.74, 6) is -0.120. The third-order valence-electron chi connectivity index (χ3n) is 12.8. The van der Waals surface area contributed by atoms with E-state index in [0.717, 1.165) is 77.0 Å². The molecule has 0 aromatic carbocycles. The average molecular weight is 913 g/mol. The number of allylic oxidation sites excluding steroid dienone is 7. The first kappa shape index (κ1) is 62.8. The molecule has 0 saturated heterocycles. The molecule has 6 heteroatoms. The Hall–Kier alpha value is -2.18. The fourth-order valence-corrected chi connectivity index (χ4v) is 8.42. The SMILES string of the molecule is CCCCC/C=C\C/C=C\CCCCCCCCCC(=O)OCCCCCCCC/C=C\CCCCCC(=O)NC(CO)C(O)/C=C/CCCCCCCCCCCCCCCCCC. The lowest BCUT2D eigenvalue weighted by Gasteiger charge is -2.19. The van der Waals surface area contributed by atoms with E-state index in [1.165, 1.54) is 186 Å². The van der Waals surface area contributed by atoms with Gasteiger partial charge in [0.2, 0.25) is 5.91 Å².